The third-order valence-corrected chi connectivity index (χ3v) is 2.39. The Bertz CT molecular complexity index is 364. The molecule has 82 valence electrons. The molecule has 0 saturated carbocycles. The minimum Gasteiger partial charge on any atom is -0.386 e. The van der Waals surface area contributed by atoms with E-state index in [1.807, 2.05) is 18.2 Å². The summed E-state index contributed by atoms with van der Waals surface area (Å²) in [5.74, 6) is 0.715. The Morgan fingerprint density at radius 2 is 1.93 bits per heavy atom. The smallest absolute Gasteiger partial charge is 0.115 e. The van der Waals surface area contributed by atoms with Crippen LogP contribution in [0.4, 0.5) is 5.69 Å². The number of aliphatic imine (C=N–C) groups is 1. The van der Waals surface area contributed by atoms with E-state index in [2.05, 4.69) is 31.8 Å². The van der Waals surface area contributed by atoms with Crippen LogP contribution < -0.4 is 5.73 Å². The van der Waals surface area contributed by atoms with E-state index < -0.39 is 0 Å². The Kier molecular flexibility index (Phi) is 3.75. The molecule has 0 aromatic heterocycles. The van der Waals surface area contributed by atoms with E-state index in [0.717, 1.165) is 5.69 Å². The largest absolute Gasteiger partial charge is 0.386 e. The molecule has 1 aromatic rings. The predicted octanol–water partition coefficient (Wildman–Crippen LogP) is 3.21. The van der Waals surface area contributed by atoms with E-state index in [1.54, 1.807) is 0 Å². The Morgan fingerprint density at radius 1 is 1.33 bits per heavy atom. The first-order valence-electron chi connectivity index (χ1n) is 4.93. The molecule has 0 amide bonds. The van der Waals surface area contributed by atoms with Crippen LogP contribution >= 0.6 is 11.6 Å². The molecule has 0 aliphatic heterocycles. The third-order valence-electron chi connectivity index (χ3n) is 2.11. The molecule has 3 heteroatoms. The normalized spacial score (nSPS) is 12.9. The maximum Gasteiger partial charge on any atom is 0.115 e. The van der Waals surface area contributed by atoms with Gasteiger partial charge in [-0.25, -0.2) is 4.99 Å². The molecule has 15 heavy (non-hydrogen) atoms. The maximum absolute atomic E-state index is 5.64. The summed E-state index contributed by atoms with van der Waals surface area (Å²) in [7, 11) is 0. The van der Waals surface area contributed by atoms with Crippen LogP contribution in [0.25, 0.3) is 0 Å². The molecular weight excluding hydrogens is 208 g/mol. The third kappa shape index (κ3) is 3.24. The summed E-state index contributed by atoms with van der Waals surface area (Å²) in [6, 6.07) is 7.99. The molecule has 2 N–H and O–H groups in total. The van der Waals surface area contributed by atoms with Gasteiger partial charge in [-0.2, -0.15) is 0 Å². The van der Waals surface area contributed by atoms with Crippen molar-refractivity contribution in [3.63, 3.8) is 0 Å². The highest BCUT2D eigenvalue weighted by Gasteiger charge is 2.16. The van der Waals surface area contributed by atoms with Gasteiger partial charge in [0.25, 0.3) is 0 Å². The van der Waals surface area contributed by atoms with Crippen molar-refractivity contribution in [3.8, 4) is 0 Å². The zero-order chi connectivity index (χ0) is 11.5. The fourth-order valence-electron chi connectivity index (χ4n) is 1.39. The van der Waals surface area contributed by atoms with Crippen LogP contribution in [0.3, 0.4) is 0 Å². The maximum atomic E-state index is 5.64. The van der Waals surface area contributed by atoms with E-state index in [4.69, 9.17) is 17.3 Å². The van der Waals surface area contributed by atoms with Gasteiger partial charge >= 0.3 is 0 Å². The van der Waals surface area contributed by atoms with E-state index in [9.17, 15) is 0 Å². The first-order chi connectivity index (χ1) is 6.95. The number of nitrogens with two attached hydrogens (primary N) is 1. The minimum atomic E-state index is 0.0622. The highest BCUT2D eigenvalue weighted by molar-refractivity contribution is 6.28. The lowest BCUT2D eigenvalue weighted by Crippen LogP contribution is -2.15. The first kappa shape index (κ1) is 12.1. The van der Waals surface area contributed by atoms with Gasteiger partial charge in [0.05, 0.1) is 11.6 Å². The van der Waals surface area contributed by atoms with Crippen molar-refractivity contribution >= 4 is 23.1 Å². The Hall–Kier alpha value is -1.02. The molecule has 0 unspecified atom stereocenters. The summed E-state index contributed by atoms with van der Waals surface area (Å²) in [5, 5.41) is 0. The predicted molar refractivity (Wildman–Crippen MR) is 67.1 cm³/mol. The summed E-state index contributed by atoms with van der Waals surface area (Å²) in [4.78, 5) is 4.31. The zero-order valence-electron chi connectivity index (χ0n) is 9.42. The summed E-state index contributed by atoms with van der Waals surface area (Å²) in [5.41, 5.74) is 7.78. The topological polar surface area (TPSA) is 38.4 Å². The first-order valence-corrected chi connectivity index (χ1v) is 5.47. The second kappa shape index (κ2) is 4.67. The molecule has 2 nitrogen and oxygen atoms in total. The molecule has 0 atom stereocenters. The number of rotatable bonds is 2. The number of hydrogen-bond acceptors (Lipinski definition) is 1. The Labute approximate surface area is 96.2 Å². The molecule has 0 heterocycles. The Morgan fingerprint density at radius 3 is 2.47 bits per heavy atom. The number of nitrogens with zero attached hydrogens (tertiary/aromatic N) is 1. The van der Waals surface area contributed by atoms with Gasteiger partial charge in [-0.15, -0.1) is 11.6 Å². The number of para-hydroxylation sites is 1. The number of hydrogen-bond donors (Lipinski definition) is 1. The second-order valence-corrected chi connectivity index (χ2v) is 4.77. The molecule has 0 fully saturated rings. The van der Waals surface area contributed by atoms with Gasteiger partial charge in [0.1, 0.15) is 5.84 Å². The SMILES string of the molecule is CC(C)(C)c1ccccc1N=C(N)CCl. The van der Waals surface area contributed by atoms with Crippen molar-refractivity contribution in [2.24, 2.45) is 10.7 Å². The van der Waals surface area contributed by atoms with E-state index in [1.165, 1.54) is 5.56 Å². The van der Waals surface area contributed by atoms with Gasteiger partial charge in [0, 0.05) is 0 Å². The number of amidine groups is 1. The van der Waals surface area contributed by atoms with Crippen molar-refractivity contribution < 1.29 is 0 Å². The highest BCUT2D eigenvalue weighted by atomic mass is 35.5. The van der Waals surface area contributed by atoms with Crippen molar-refractivity contribution in [1.29, 1.82) is 0 Å². The van der Waals surface area contributed by atoms with Crippen molar-refractivity contribution in [3.05, 3.63) is 29.8 Å². The fourth-order valence-corrected chi connectivity index (χ4v) is 1.45. The number of halogens is 1. The summed E-state index contributed by atoms with van der Waals surface area (Å²) < 4.78 is 0. The molecule has 0 saturated heterocycles. The fraction of sp³-hybridized carbons (Fsp3) is 0.417. The van der Waals surface area contributed by atoms with Crippen LogP contribution in [0, 0.1) is 0 Å². The van der Waals surface area contributed by atoms with Gasteiger partial charge in [-0.05, 0) is 17.0 Å². The van der Waals surface area contributed by atoms with Crippen LogP contribution in [0.15, 0.2) is 29.3 Å². The van der Waals surface area contributed by atoms with Gasteiger partial charge in [-0.1, -0.05) is 39.0 Å². The molecule has 0 radical (unpaired) electrons. The summed E-state index contributed by atoms with van der Waals surface area (Å²) >= 11 is 5.61. The van der Waals surface area contributed by atoms with Gasteiger partial charge in [-0.3, -0.25) is 0 Å². The molecule has 1 aromatic carbocycles. The molecular formula is C12H17ClN2. The quantitative estimate of drug-likeness (QED) is 0.468. The zero-order valence-corrected chi connectivity index (χ0v) is 10.2. The standard InChI is InChI=1S/C12H17ClN2/c1-12(2,3)9-6-4-5-7-10(9)15-11(14)8-13/h4-7H,8H2,1-3H3,(H2,14,15). The number of benzene rings is 1. The second-order valence-electron chi connectivity index (χ2n) is 4.50. The van der Waals surface area contributed by atoms with Gasteiger partial charge in [0.15, 0.2) is 0 Å². The lowest BCUT2D eigenvalue weighted by atomic mass is 9.86. The average molecular weight is 225 g/mol. The monoisotopic (exact) mass is 224 g/mol. The lowest BCUT2D eigenvalue weighted by Gasteiger charge is -2.20. The molecule has 0 bridgehead atoms. The summed E-state index contributed by atoms with van der Waals surface area (Å²) in [6.07, 6.45) is 0. The van der Waals surface area contributed by atoms with Crippen LogP contribution in [0.2, 0.25) is 0 Å². The molecule has 0 spiro atoms. The van der Waals surface area contributed by atoms with Crippen molar-refractivity contribution in [2.75, 3.05) is 5.88 Å². The lowest BCUT2D eigenvalue weighted by molar-refractivity contribution is 0.591. The van der Waals surface area contributed by atoms with Gasteiger partial charge in [0.2, 0.25) is 0 Å². The molecule has 0 aliphatic carbocycles. The van der Waals surface area contributed by atoms with Crippen LogP contribution in [-0.4, -0.2) is 11.7 Å². The average Bonchev–Trinajstić information content (AvgIpc) is 2.17. The van der Waals surface area contributed by atoms with Crippen molar-refractivity contribution in [1.82, 2.24) is 0 Å². The molecule has 1 rings (SSSR count). The minimum absolute atomic E-state index is 0.0622. The summed E-state index contributed by atoms with van der Waals surface area (Å²) in [6.45, 7) is 6.45. The van der Waals surface area contributed by atoms with E-state index in [0.29, 0.717) is 5.84 Å². The highest BCUT2D eigenvalue weighted by Crippen LogP contribution is 2.31. The van der Waals surface area contributed by atoms with Crippen molar-refractivity contribution in [2.45, 2.75) is 26.2 Å². The number of alkyl halides is 1. The van der Waals surface area contributed by atoms with E-state index >= 15 is 0 Å². The van der Waals surface area contributed by atoms with Crippen LogP contribution in [0.5, 0.6) is 0 Å². The Balaban J connectivity index is 3.19. The molecule has 0 aliphatic rings. The van der Waals surface area contributed by atoms with Crippen LogP contribution in [-0.2, 0) is 5.41 Å². The van der Waals surface area contributed by atoms with Gasteiger partial charge < -0.3 is 5.73 Å². The van der Waals surface area contributed by atoms with E-state index in [-0.39, 0.29) is 11.3 Å². The van der Waals surface area contributed by atoms with Crippen LogP contribution in [0.1, 0.15) is 26.3 Å².